The third-order valence-corrected chi connectivity index (χ3v) is 6.35. The van der Waals surface area contributed by atoms with E-state index in [9.17, 15) is 9.59 Å². The number of hydrogen-bond acceptors (Lipinski definition) is 5. The lowest BCUT2D eigenvalue weighted by Gasteiger charge is -2.19. The van der Waals surface area contributed by atoms with Crippen LogP contribution >= 0.6 is 24.0 Å². The number of guanidine groups is 1. The number of halogens is 1. The van der Waals surface area contributed by atoms with E-state index in [-0.39, 0.29) is 59.5 Å². The van der Waals surface area contributed by atoms with Gasteiger partial charge in [-0.1, -0.05) is 12.2 Å². The number of fused-ring (bicyclic) bond motifs is 5. The minimum atomic E-state index is -0.146. The summed E-state index contributed by atoms with van der Waals surface area (Å²) < 4.78 is 10.6. The van der Waals surface area contributed by atoms with Crippen molar-refractivity contribution in [3.8, 4) is 11.5 Å². The van der Waals surface area contributed by atoms with E-state index < -0.39 is 0 Å². The van der Waals surface area contributed by atoms with Crippen molar-refractivity contribution in [3.05, 3.63) is 35.9 Å². The van der Waals surface area contributed by atoms with Gasteiger partial charge >= 0.3 is 0 Å². The summed E-state index contributed by atoms with van der Waals surface area (Å²) in [5.41, 5.74) is 0.960. The van der Waals surface area contributed by atoms with Crippen LogP contribution < -0.4 is 20.1 Å². The SMILES string of the molecule is CN=C(NCCN1C(=O)C2C3C=CC(C3)C2C1=O)NCc1ccc(OC)cc1OC.I. The lowest BCUT2D eigenvalue weighted by molar-refractivity contribution is -0.140. The van der Waals surface area contributed by atoms with Crippen LogP contribution in [0, 0.1) is 23.7 Å². The Balaban J connectivity index is 0.00000272. The number of aliphatic imine (C=N–C) groups is 1. The smallest absolute Gasteiger partial charge is 0.233 e. The first-order valence-corrected chi connectivity index (χ1v) is 10.3. The van der Waals surface area contributed by atoms with Gasteiger partial charge in [0, 0.05) is 38.3 Å². The Labute approximate surface area is 199 Å². The van der Waals surface area contributed by atoms with Gasteiger partial charge in [0.2, 0.25) is 11.8 Å². The minimum Gasteiger partial charge on any atom is -0.497 e. The van der Waals surface area contributed by atoms with Gasteiger partial charge in [-0.15, -0.1) is 24.0 Å². The molecule has 2 fully saturated rings. The zero-order valence-corrected chi connectivity index (χ0v) is 20.3. The molecule has 1 aromatic rings. The molecule has 1 saturated carbocycles. The first kappa shape index (κ1) is 23.4. The Kier molecular flexibility index (Phi) is 7.45. The third-order valence-electron chi connectivity index (χ3n) is 6.35. The van der Waals surface area contributed by atoms with Crippen molar-refractivity contribution in [2.24, 2.45) is 28.7 Å². The highest BCUT2D eigenvalue weighted by Crippen LogP contribution is 2.52. The molecule has 2 bridgehead atoms. The second kappa shape index (κ2) is 9.88. The van der Waals surface area contributed by atoms with E-state index in [0.717, 1.165) is 23.5 Å². The fraction of sp³-hybridized carbons (Fsp3) is 0.500. The summed E-state index contributed by atoms with van der Waals surface area (Å²) in [4.78, 5) is 31.1. The molecule has 0 spiro atoms. The molecule has 168 valence electrons. The monoisotopic (exact) mass is 540 g/mol. The normalized spacial score (nSPS) is 26.0. The number of allylic oxidation sites excluding steroid dienone is 2. The first-order chi connectivity index (χ1) is 14.6. The van der Waals surface area contributed by atoms with E-state index in [1.54, 1.807) is 21.3 Å². The van der Waals surface area contributed by atoms with Gasteiger partial charge in [0.1, 0.15) is 11.5 Å². The average Bonchev–Trinajstić information content (AvgIpc) is 3.45. The van der Waals surface area contributed by atoms with Crippen LogP contribution in [0.25, 0.3) is 0 Å². The van der Waals surface area contributed by atoms with Crippen LogP contribution in [0.15, 0.2) is 35.3 Å². The lowest BCUT2D eigenvalue weighted by atomic mass is 9.85. The van der Waals surface area contributed by atoms with Gasteiger partial charge in [0.15, 0.2) is 5.96 Å². The second-order valence-electron chi connectivity index (χ2n) is 7.86. The minimum absolute atomic E-state index is 0. The molecule has 1 heterocycles. The van der Waals surface area contributed by atoms with Crippen LogP contribution in [-0.2, 0) is 16.1 Å². The van der Waals surface area contributed by atoms with Gasteiger partial charge in [-0.2, -0.15) is 0 Å². The summed E-state index contributed by atoms with van der Waals surface area (Å²) in [6.45, 7) is 1.30. The molecule has 1 aliphatic heterocycles. The molecule has 0 aromatic heterocycles. The highest BCUT2D eigenvalue weighted by molar-refractivity contribution is 14.0. The number of methoxy groups -OCH3 is 2. The number of likely N-dealkylation sites (tertiary alicyclic amines) is 1. The van der Waals surface area contributed by atoms with Gasteiger partial charge in [0.25, 0.3) is 0 Å². The number of rotatable bonds is 7. The van der Waals surface area contributed by atoms with Gasteiger partial charge < -0.3 is 20.1 Å². The maximum atomic E-state index is 12.7. The van der Waals surface area contributed by atoms with Crippen LogP contribution in [0.2, 0.25) is 0 Å². The van der Waals surface area contributed by atoms with Crippen molar-refractivity contribution in [2.45, 2.75) is 13.0 Å². The molecule has 4 unspecified atom stereocenters. The molecule has 9 heteroatoms. The Morgan fingerprint density at radius 1 is 1.10 bits per heavy atom. The first-order valence-electron chi connectivity index (χ1n) is 10.3. The molecule has 1 aromatic carbocycles. The van der Waals surface area contributed by atoms with Crippen molar-refractivity contribution < 1.29 is 19.1 Å². The Morgan fingerprint density at radius 2 is 1.77 bits per heavy atom. The number of carbonyl (C=O) groups is 2. The van der Waals surface area contributed by atoms with Crippen LogP contribution in [0.1, 0.15) is 12.0 Å². The highest BCUT2D eigenvalue weighted by Gasteiger charge is 2.58. The number of hydrogen-bond donors (Lipinski definition) is 2. The predicted molar refractivity (Wildman–Crippen MR) is 128 cm³/mol. The quantitative estimate of drug-likeness (QED) is 0.180. The Morgan fingerprint density at radius 3 is 2.35 bits per heavy atom. The molecule has 0 radical (unpaired) electrons. The van der Waals surface area contributed by atoms with Crippen molar-refractivity contribution in [1.29, 1.82) is 0 Å². The summed E-state index contributed by atoms with van der Waals surface area (Å²) in [7, 11) is 4.91. The van der Waals surface area contributed by atoms with Crippen LogP contribution in [0.3, 0.4) is 0 Å². The molecule has 8 nitrogen and oxygen atoms in total. The van der Waals surface area contributed by atoms with Crippen molar-refractivity contribution in [3.63, 3.8) is 0 Å². The number of carbonyl (C=O) groups excluding carboxylic acids is 2. The maximum Gasteiger partial charge on any atom is 0.233 e. The molecule has 4 atom stereocenters. The number of imide groups is 1. The van der Waals surface area contributed by atoms with E-state index in [4.69, 9.17) is 9.47 Å². The van der Waals surface area contributed by atoms with E-state index in [0.29, 0.717) is 25.6 Å². The predicted octanol–water partition coefficient (Wildman–Crippen LogP) is 1.79. The molecule has 2 amide bonds. The van der Waals surface area contributed by atoms with Crippen LogP contribution in [0.4, 0.5) is 0 Å². The summed E-state index contributed by atoms with van der Waals surface area (Å²) in [6, 6.07) is 5.64. The number of nitrogens with one attached hydrogen (secondary N) is 2. The number of amides is 2. The summed E-state index contributed by atoms with van der Waals surface area (Å²) >= 11 is 0. The molecule has 3 aliphatic rings. The topological polar surface area (TPSA) is 92.3 Å². The molecular weight excluding hydrogens is 511 g/mol. The van der Waals surface area contributed by atoms with Crippen molar-refractivity contribution in [2.75, 3.05) is 34.4 Å². The average molecular weight is 540 g/mol. The van der Waals surface area contributed by atoms with Crippen molar-refractivity contribution >= 4 is 41.8 Å². The van der Waals surface area contributed by atoms with Gasteiger partial charge in [-0.25, -0.2) is 0 Å². The molecule has 2 N–H and O–H groups in total. The largest absolute Gasteiger partial charge is 0.497 e. The van der Waals surface area contributed by atoms with Crippen LogP contribution in [0.5, 0.6) is 11.5 Å². The number of benzene rings is 1. The Bertz CT molecular complexity index is 873. The van der Waals surface area contributed by atoms with Gasteiger partial charge in [0.05, 0.1) is 26.1 Å². The maximum absolute atomic E-state index is 12.7. The van der Waals surface area contributed by atoms with E-state index in [1.165, 1.54) is 4.90 Å². The second-order valence-corrected chi connectivity index (χ2v) is 7.86. The zero-order chi connectivity index (χ0) is 21.3. The molecule has 2 aliphatic carbocycles. The molecule has 1 saturated heterocycles. The fourth-order valence-corrected chi connectivity index (χ4v) is 4.87. The van der Waals surface area contributed by atoms with E-state index >= 15 is 0 Å². The third kappa shape index (κ3) is 4.37. The van der Waals surface area contributed by atoms with Crippen LogP contribution in [-0.4, -0.2) is 57.0 Å². The summed E-state index contributed by atoms with van der Waals surface area (Å²) in [5.74, 6) is 2.19. The number of nitrogens with zero attached hydrogens (tertiary/aromatic N) is 2. The summed E-state index contributed by atoms with van der Waals surface area (Å²) in [5, 5.41) is 6.41. The number of ether oxygens (including phenoxy) is 2. The molecule has 4 rings (SSSR count). The Hall–Kier alpha value is -2.30. The summed E-state index contributed by atoms with van der Waals surface area (Å²) in [6.07, 6.45) is 5.17. The fourth-order valence-electron chi connectivity index (χ4n) is 4.87. The van der Waals surface area contributed by atoms with Crippen molar-refractivity contribution in [1.82, 2.24) is 15.5 Å². The lowest BCUT2D eigenvalue weighted by Crippen LogP contribution is -2.43. The van der Waals surface area contributed by atoms with Gasteiger partial charge in [-0.3, -0.25) is 19.5 Å². The van der Waals surface area contributed by atoms with E-state index in [1.807, 2.05) is 18.2 Å². The van der Waals surface area contributed by atoms with E-state index in [2.05, 4.69) is 27.8 Å². The molecule has 31 heavy (non-hydrogen) atoms. The molecular formula is C22H29IN4O4. The standard InChI is InChI=1S/C22H28N4O4.HI/c1-23-22(25-12-15-6-7-16(29-2)11-17(15)30-3)24-8-9-26-20(27)18-13-4-5-14(10-13)19(18)21(26)28;/h4-7,11,13-14,18-19H,8-10,12H2,1-3H3,(H2,23,24,25);1H. The zero-order valence-electron chi connectivity index (χ0n) is 18.0. The highest BCUT2D eigenvalue weighted by atomic mass is 127. The van der Waals surface area contributed by atoms with Gasteiger partial charge in [-0.05, 0) is 30.4 Å².